The monoisotopic (exact) mass is 341 g/mol. The van der Waals surface area contributed by atoms with Crippen molar-refractivity contribution in [2.24, 2.45) is 0 Å². The maximum atomic E-state index is 12.2. The van der Waals surface area contributed by atoms with Crippen LogP contribution in [0, 0.1) is 0 Å². The van der Waals surface area contributed by atoms with Crippen molar-refractivity contribution >= 4 is 17.2 Å². The van der Waals surface area contributed by atoms with E-state index in [9.17, 15) is 4.79 Å². The predicted molar refractivity (Wildman–Crippen MR) is 90.6 cm³/mol. The molecule has 0 aliphatic carbocycles. The molecule has 1 amide bonds. The zero-order chi connectivity index (χ0) is 16.8. The highest BCUT2D eigenvalue weighted by molar-refractivity contribution is 7.11. The Labute approximate surface area is 143 Å². The first-order valence-corrected chi connectivity index (χ1v) is 8.07. The van der Waals surface area contributed by atoms with Crippen LogP contribution in [0.1, 0.15) is 15.9 Å². The van der Waals surface area contributed by atoms with Crippen molar-refractivity contribution in [3.63, 3.8) is 0 Å². The van der Waals surface area contributed by atoms with Gasteiger partial charge in [-0.1, -0.05) is 23.5 Å². The molecule has 122 valence electrons. The zero-order valence-electron chi connectivity index (χ0n) is 12.9. The van der Waals surface area contributed by atoms with E-state index in [1.807, 2.05) is 29.6 Å². The first-order chi connectivity index (χ1) is 11.8. The van der Waals surface area contributed by atoms with E-state index in [4.69, 9.17) is 9.47 Å². The standard InChI is InChI=1S/C17H15N3O3S/c1-22-16-14(3-2-8-18-16)15(21)20-11-12-4-6-13(7-5-12)23-17-19-9-10-24-17/h2-10H,11H2,1H3,(H,20,21). The summed E-state index contributed by atoms with van der Waals surface area (Å²) >= 11 is 1.43. The molecule has 24 heavy (non-hydrogen) atoms. The highest BCUT2D eigenvalue weighted by atomic mass is 32.1. The zero-order valence-corrected chi connectivity index (χ0v) is 13.7. The molecule has 3 rings (SSSR count). The number of ether oxygens (including phenoxy) is 2. The van der Waals surface area contributed by atoms with E-state index in [1.54, 1.807) is 24.5 Å². The van der Waals surface area contributed by atoms with Crippen molar-refractivity contribution < 1.29 is 14.3 Å². The van der Waals surface area contributed by atoms with Crippen molar-refractivity contribution in [3.05, 3.63) is 65.3 Å². The third-order valence-corrected chi connectivity index (χ3v) is 3.85. The molecule has 2 aromatic heterocycles. The summed E-state index contributed by atoms with van der Waals surface area (Å²) in [5.74, 6) is 0.777. The van der Waals surface area contributed by atoms with Gasteiger partial charge in [0, 0.05) is 24.3 Å². The molecule has 0 atom stereocenters. The lowest BCUT2D eigenvalue weighted by Gasteiger charge is -2.08. The van der Waals surface area contributed by atoms with E-state index in [2.05, 4.69) is 15.3 Å². The molecule has 7 heteroatoms. The SMILES string of the molecule is COc1ncccc1C(=O)NCc1ccc(Oc2nccs2)cc1. The number of rotatable bonds is 6. The Balaban J connectivity index is 1.59. The van der Waals surface area contributed by atoms with Gasteiger partial charge in [0.2, 0.25) is 5.88 Å². The van der Waals surface area contributed by atoms with Gasteiger partial charge >= 0.3 is 0 Å². The van der Waals surface area contributed by atoms with E-state index in [-0.39, 0.29) is 5.91 Å². The lowest BCUT2D eigenvalue weighted by molar-refractivity contribution is 0.0947. The Kier molecular flexibility index (Phi) is 5.02. The fourth-order valence-corrected chi connectivity index (χ4v) is 2.54. The van der Waals surface area contributed by atoms with Crippen molar-refractivity contribution in [1.29, 1.82) is 0 Å². The smallest absolute Gasteiger partial charge is 0.278 e. The van der Waals surface area contributed by atoms with Gasteiger partial charge in [-0.25, -0.2) is 9.97 Å². The largest absolute Gasteiger partial charge is 0.480 e. The second-order valence-electron chi connectivity index (χ2n) is 4.79. The number of nitrogens with zero attached hydrogens (tertiary/aromatic N) is 2. The highest BCUT2D eigenvalue weighted by Crippen LogP contribution is 2.23. The van der Waals surface area contributed by atoms with Gasteiger partial charge in [-0.05, 0) is 29.8 Å². The fourth-order valence-electron chi connectivity index (χ4n) is 2.04. The number of pyridine rings is 1. The molecule has 6 nitrogen and oxygen atoms in total. The van der Waals surface area contributed by atoms with Gasteiger partial charge in [0.25, 0.3) is 11.1 Å². The summed E-state index contributed by atoms with van der Waals surface area (Å²) in [6.07, 6.45) is 3.27. The van der Waals surface area contributed by atoms with E-state index < -0.39 is 0 Å². The van der Waals surface area contributed by atoms with E-state index in [0.717, 1.165) is 5.56 Å². The van der Waals surface area contributed by atoms with Crippen LogP contribution < -0.4 is 14.8 Å². The van der Waals surface area contributed by atoms with Crippen LogP contribution in [0.4, 0.5) is 0 Å². The van der Waals surface area contributed by atoms with Crippen molar-refractivity contribution in [1.82, 2.24) is 15.3 Å². The summed E-state index contributed by atoms with van der Waals surface area (Å²) < 4.78 is 10.7. The predicted octanol–water partition coefficient (Wildman–Crippen LogP) is 3.27. The Morgan fingerprint density at radius 2 is 2.00 bits per heavy atom. The second kappa shape index (κ2) is 7.56. The van der Waals surface area contributed by atoms with Gasteiger partial charge in [-0.3, -0.25) is 4.79 Å². The number of nitrogens with one attached hydrogen (secondary N) is 1. The molecular formula is C17H15N3O3S. The molecule has 3 aromatic rings. The maximum absolute atomic E-state index is 12.2. The molecule has 1 N–H and O–H groups in total. The van der Waals surface area contributed by atoms with Gasteiger partial charge in [-0.15, -0.1) is 0 Å². The van der Waals surface area contributed by atoms with Gasteiger partial charge in [-0.2, -0.15) is 0 Å². The normalized spacial score (nSPS) is 10.2. The second-order valence-corrected chi connectivity index (χ2v) is 5.64. The molecule has 0 aliphatic rings. The Morgan fingerprint density at radius 3 is 2.71 bits per heavy atom. The van der Waals surface area contributed by atoms with Gasteiger partial charge < -0.3 is 14.8 Å². The van der Waals surface area contributed by atoms with Gasteiger partial charge in [0.15, 0.2) is 0 Å². The maximum Gasteiger partial charge on any atom is 0.278 e. The van der Waals surface area contributed by atoms with Crippen LogP contribution in [-0.4, -0.2) is 23.0 Å². The van der Waals surface area contributed by atoms with E-state index >= 15 is 0 Å². The molecule has 0 saturated carbocycles. The summed E-state index contributed by atoms with van der Waals surface area (Å²) in [5.41, 5.74) is 1.36. The first kappa shape index (κ1) is 15.9. The quantitative estimate of drug-likeness (QED) is 0.745. The first-order valence-electron chi connectivity index (χ1n) is 7.20. The van der Waals surface area contributed by atoms with Crippen LogP contribution in [0.15, 0.2) is 54.2 Å². The van der Waals surface area contributed by atoms with Crippen LogP contribution in [0.25, 0.3) is 0 Å². The fraction of sp³-hybridized carbons (Fsp3) is 0.118. The van der Waals surface area contributed by atoms with Crippen molar-refractivity contribution in [2.75, 3.05) is 7.11 Å². The average Bonchev–Trinajstić information content (AvgIpc) is 3.14. The molecule has 2 heterocycles. The van der Waals surface area contributed by atoms with Crippen molar-refractivity contribution in [3.8, 4) is 16.8 Å². The summed E-state index contributed by atoms with van der Waals surface area (Å²) in [7, 11) is 1.49. The Hall–Kier alpha value is -2.93. The van der Waals surface area contributed by atoms with E-state index in [1.165, 1.54) is 18.4 Å². The highest BCUT2D eigenvalue weighted by Gasteiger charge is 2.12. The molecule has 0 spiro atoms. The topological polar surface area (TPSA) is 73.3 Å². The number of methoxy groups -OCH3 is 1. The number of carbonyl (C=O) groups excluding carboxylic acids is 1. The Bertz CT molecular complexity index is 804. The number of benzene rings is 1. The number of thiazole rings is 1. The summed E-state index contributed by atoms with van der Waals surface area (Å²) in [4.78, 5) is 20.3. The lowest BCUT2D eigenvalue weighted by atomic mass is 10.2. The van der Waals surface area contributed by atoms with Crippen molar-refractivity contribution in [2.45, 2.75) is 6.54 Å². The summed E-state index contributed by atoms with van der Waals surface area (Å²) in [5, 5.41) is 5.30. The van der Waals surface area contributed by atoms with Crippen LogP contribution in [0.2, 0.25) is 0 Å². The number of hydrogen-bond acceptors (Lipinski definition) is 6. The molecule has 0 unspecified atom stereocenters. The lowest BCUT2D eigenvalue weighted by Crippen LogP contribution is -2.23. The third-order valence-electron chi connectivity index (χ3n) is 3.20. The number of hydrogen-bond donors (Lipinski definition) is 1. The van der Waals surface area contributed by atoms with Crippen LogP contribution in [0.5, 0.6) is 16.8 Å². The minimum absolute atomic E-state index is 0.233. The average molecular weight is 341 g/mol. The summed E-state index contributed by atoms with van der Waals surface area (Å²) in [6.45, 7) is 0.397. The molecule has 0 radical (unpaired) electrons. The Morgan fingerprint density at radius 1 is 1.17 bits per heavy atom. The molecule has 1 aromatic carbocycles. The molecule has 0 bridgehead atoms. The van der Waals surface area contributed by atoms with Gasteiger partial charge in [0.1, 0.15) is 11.3 Å². The van der Waals surface area contributed by atoms with Gasteiger partial charge in [0.05, 0.1) is 7.11 Å². The molecule has 0 aliphatic heterocycles. The molecule has 0 fully saturated rings. The van der Waals surface area contributed by atoms with Crippen LogP contribution in [0.3, 0.4) is 0 Å². The van der Waals surface area contributed by atoms with E-state index in [0.29, 0.717) is 28.9 Å². The van der Waals surface area contributed by atoms with Crippen LogP contribution in [-0.2, 0) is 6.54 Å². The number of carbonyl (C=O) groups is 1. The molecular weight excluding hydrogens is 326 g/mol. The number of amides is 1. The molecule has 0 saturated heterocycles. The summed E-state index contributed by atoms with van der Waals surface area (Å²) in [6, 6.07) is 10.8. The third kappa shape index (κ3) is 3.88. The minimum atomic E-state index is -0.233. The number of aromatic nitrogens is 2. The minimum Gasteiger partial charge on any atom is -0.480 e. The van der Waals surface area contributed by atoms with Crippen LogP contribution >= 0.6 is 11.3 Å².